The molecular weight excluding hydrogens is 230 g/mol. The smallest absolute Gasteiger partial charge is 0.0734 e. The maximum Gasteiger partial charge on any atom is 0.0734 e. The number of aliphatic imine (C=N–C) groups is 1. The van der Waals surface area contributed by atoms with E-state index in [-0.39, 0.29) is 6.04 Å². The number of benzene rings is 2. The standard InChI is InChI=1S/C18H17N/c1-13-8-10-15(11-9-13)17-12-18(19-14(17)2)16-6-4-3-5-7-16/h3-12,14H,1-2H3. The maximum absolute atomic E-state index is 4.76. The van der Waals surface area contributed by atoms with Gasteiger partial charge in [-0.05, 0) is 36.6 Å². The summed E-state index contributed by atoms with van der Waals surface area (Å²) in [5, 5.41) is 0. The van der Waals surface area contributed by atoms with Gasteiger partial charge in [-0.1, -0.05) is 60.2 Å². The Bertz CT molecular complexity index is 633. The van der Waals surface area contributed by atoms with E-state index < -0.39 is 0 Å². The average molecular weight is 247 g/mol. The summed E-state index contributed by atoms with van der Waals surface area (Å²) in [6.45, 7) is 4.27. The van der Waals surface area contributed by atoms with Crippen molar-refractivity contribution in [2.75, 3.05) is 0 Å². The summed E-state index contributed by atoms with van der Waals surface area (Å²) in [7, 11) is 0. The topological polar surface area (TPSA) is 12.4 Å². The van der Waals surface area contributed by atoms with E-state index in [1.807, 2.05) is 6.07 Å². The molecule has 2 aromatic rings. The van der Waals surface area contributed by atoms with E-state index in [0.29, 0.717) is 0 Å². The monoisotopic (exact) mass is 247 g/mol. The first-order valence-electron chi connectivity index (χ1n) is 6.66. The summed E-state index contributed by atoms with van der Waals surface area (Å²) in [5.41, 5.74) is 6.14. The molecule has 2 aromatic carbocycles. The first-order valence-corrected chi connectivity index (χ1v) is 6.66. The van der Waals surface area contributed by atoms with Crippen LogP contribution in [0.1, 0.15) is 23.6 Å². The van der Waals surface area contributed by atoms with Crippen LogP contribution in [-0.2, 0) is 0 Å². The zero-order valence-corrected chi connectivity index (χ0v) is 11.3. The molecule has 0 saturated carbocycles. The number of aryl methyl sites for hydroxylation is 1. The fraction of sp³-hybridized carbons (Fsp3) is 0.167. The van der Waals surface area contributed by atoms with Crippen LogP contribution in [0.3, 0.4) is 0 Å². The molecule has 0 fully saturated rings. The number of rotatable bonds is 2. The summed E-state index contributed by atoms with van der Waals surface area (Å²) in [4.78, 5) is 4.76. The molecule has 0 bridgehead atoms. The van der Waals surface area contributed by atoms with E-state index in [2.05, 4.69) is 68.5 Å². The van der Waals surface area contributed by atoms with Crippen molar-refractivity contribution in [3.8, 4) is 0 Å². The van der Waals surface area contributed by atoms with Crippen LogP contribution >= 0.6 is 0 Å². The third-order valence-corrected chi connectivity index (χ3v) is 3.53. The van der Waals surface area contributed by atoms with Gasteiger partial charge in [0.2, 0.25) is 0 Å². The van der Waals surface area contributed by atoms with E-state index in [0.717, 1.165) is 5.71 Å². The molecular formula is C18H17N. The van der Waals surface area contributed by atoms with Crippen molar-refractivity contribution >= 4 is 11.3 Å². The molecule has 19 heavy (non-hydrogen) atoms. The molecule has 94 valence electrons. The van der Waals surface area contributed by atoms with Crippen molar-refractivity contribution < 1.29 is 0 Å². The van der Waals surface area contributed by atoms with Crippen LogP contribution in [0.4, 0.5) is 0 Å². The lowest BCUT2D eigenvalue weighted by atomic mass is 9.99. The second-order valence-corrected chi connectivity index (χ2v) is 5.02. The molecule has 1 aliphatic heterocycles. The Labute approximate surface area is 114 Å². The highest BCUT2D eigenvalue weighted by Gasteiger charge is 2.18. The molecule has 3 rings (SSSR count). The third kappa shape index (κ3) is 2.37. The van der Waals surface area contributed by atoms with Crippen molar-refractivity contribution in [1.29, 1.82) is 0 Å². The molecule has 1 heteroatoms. The highest BCUT2D eigenvalue weighted by molar-refractivity contribution is 6.15. The molecule has 0 radical (unpaired) electrons. The lowest BCUT2D eigenvalue weighted by molar-refractivity contribution is 0.965. The average Bonchev–Trinajstić information content (AvgIpc) is 2.83. The third-order valence-electron chi connectivity index (χ3n) is 3.53. The highest BCUT2D eigenvalue weighted by Crippen LogP contribution is 2.27. The molecule has 0 saturated heterocycles. The molecule has 0 spiro atoms. The van der Waals surface area contributed by atoms with Crippen molar-refractivity contribution in [2.45, 2.75) is 19.9 Å². The van der Waals surface area contributed by atoms with E-state index in [9.17, 15) is 0 Å². The van der Waals surface area contributed by atoms with E-state index in [1.54, 1.807) is 0 Å². The van der Waals surface area contributed by atoms with Gasteiger partial charge in [0, 0.05) is 0 Å². The van der Waals surface area contributed by atoms with E-state index >= 15 is 0 Å². The highest BCUT2D eigenvalue weighted by atomic mass is 14.8. The zero-order chi connectivity index (χ0) is 13.2. The first-order chi connectivity index (χ1) is 9.24. The van der Waals surface area contributed by atoms with Crippen molar-refractivity contribution in [2.24, 2.45) is 4.99 Å². The quantitative estimate of drug-likeness (QED) is 0.751. The number of nitrogens with zero attached hydrogens (tertiary/aromatic N) is 1. The van der Waals surface area contributed by atoms with Crippen LogP contribution in [-0.4, -0.2) is 11.8 Å². The minimum atomic E-state index is 0.234. The number of allylic oxidation sites excluding steroid dienone is 1. The first kappa shape index (κ1) is 11.9. The fourth-order valence-corrected chi connectivity index (χ4v) is 2.42. The Balaban J connectivity index is 1.95. The van der Waals surface area contributed by atoms with Gasteiger partial charge in [0.05, 0.1) is 11.8 Å². The van der Waals surface area contributed by atoms with E-state index in [1.165, 1.54) is 22.3 Å². The Hall–Kier alpha value is -2.15. The summed E-state index contributed by atoms with van der Waals surface area (Å²) in [5.74, 6) is 0. The summed E-state index contributed by atoms with van der Waals surface area (Å²) in [6, 6.07) is 19.3. The van der Waals surface area contributed by atoms with Gasteiger partial charge in [0.1, 0.15) is 0 Å². The Kier molecular flexibility index (Phi) is 3.04. The van der Waals surface area contributed by atoms with Crippen LogP contribution in [0.2, 0.25) is 0 Å². The molecule has 1 aliphatic rings. The minimum Gasteiger partial charge on any atom is -0.277 e. The molecule has 0 aliphatic carbocycles. The molecule has 1 atom stereocenters. The van der Waals surface area contributed by atoms with Gasteiger partial charge >= 0.3 is 0 Å². The van der Waals surface area contributed by atoms with Crippen LogP contribution in [0.25, 0.3) is 5.57 Å². The van der Waals surface area contributed by atoms with Gasteiger partial charge in [0.15, 0.2) is 0 Å². The predicted molar refractivity (Wildman–Crippen MR) is 81.6 cm³/mol. The van der Waals surface area contributed by atoms with E-state index in [4.69, 9.17) is 4.99 Å². The Morgan fingerprint density at radius 3 is 2.21 bits per heavy atom. The molecule has 1 heterocycles. The molecule has 0 amide bonds. The molecule has 0 aromatic heterocycles. The van der Waals surface area contributed by atoms with Crippen molar-refractivity contribution in [3.63, 3.8) is 0 Å². The van der Waals surface area contributed by atoms with Gasteiger partial charge < -0.3 is 0 Å². The van der Waals surface area contributed by atoms with Crippen LogP contribution in [0.5, 0.6) is 0 Å². The predicted octanol–water partition coefficient (Wildman–Crippen LogP) is 4.27. The van der Waals surface area contributed by atoms with Gasteiger partial charge in [-0.3, -0.25) is 4.99 Å². The second kappa shape index (κ2) is 4.85. The summed E-state index contributed by atoms with van der Waals surface area (Å²) >= 11 is 0. The van der Waals surface area contributed by atoms with Gasteiger partial charge in [-0.15, -0.1) is 0 Å². The summed E-state index contributed by atoms with van der Waals surface area (Å²) < 4.78 is 0. The SMILES string of the molecule is Cc1ccc(C2=CC(c3ccccc3)=NC2C)cc1. The van der Waals surface area contributed by atoms with Gasteiger partial charge in [0.25, 0.3) is 0 Å². The maximum atomic E-state index is 4.76. The molecule has 1 nitrogen and oxygen atoms in total. The number of hydrogen-bond acceptors (Lipinski definition) is 1. The van der Waals surface area contributed by atoms with Gasteiger partial charge in [-0.2, -0.15) is 0 Å². The normalized spacial score (nSPS) is 18.1. The van der Waals surface area contributed by atoms with Crippen LogP contribution < -0.4 is 0 Å². The Morgan fingerprint density at radius 2 is 1.53 bits per heavy atom. The van der Waals surface area contributed by atoms with Crippen molar-refractivity contribution in [1.82, 2.24) is 0 Å². The second-order valence-electron chi connectivity index (χ2n) is 5.02. The lowest BCUT2D eigenvalue weighted by Gasteiger charge is -2.07. The van der Waals surface area contributed by atoms with Crippen LogP contribution in [0, 0.1) is 6.92 Å². The Morgan fingerprint density at radius 1 is 0.842 bits per heavy atom. The van der Waals surface area contributed by atoms with Crippen LogP contribution in [0.15, 0.2) is 65.7 Å². The molecule has 1 unspecified atom stereocenters. The summed E-state index contributed by atoms with van der Waals surface area (Å²) in [6.07, 6.45) is 2.21. The largest absolute Gasteiger partial charge is 0.277 e. The van der Waals surface area contributed by atoms with Crippen molar-refractivity contribution in [3.05, 3.63) is 77.4 Å². The lowest BCUT2D eigenvalue weighted by Crippen LogP contribution is -1.97. The number of hydrogen-bond donors (Lipinski definition) is 0. The fourth-order valence-electron chi connectivity index (χ4n) is 2.42. The molecule has 0 N–H and O–H groups in total. The van der Waals surface area contributed by atoms with Gasteiger partial charge in [-0.25, -0.2) is 0 Å². The zero-order valence-electron chi connectivity index (χ0n) is 11.3. The minimum absolute atomic E-state index is 0.234.